The minimum atomic E-state index is -2.89. The third-order valence-electron chi connectivity index (χ3n) is 2.60. The van der Waals surface area contributed by atoms with Crippen LogP contribution in [-0.2, 0) is 0 Å². The summed E-state index contributed by atoms with van der Waals surface area (Å²) < 4.78 is 41.5. The van der Waals surface area contributed by atoms with Gasteiger partial charge in [0.2, 0.25) is 0 Å². The van der Waals surface area contributed by atoms with Crippen LogP contribution in [0.1, 0.15) is 15.9 Å². The second-order valence-electron chi connectivity index (χ2n) is 4.13. The molecule has 0 aliphatic heterocycles. The standard InChI is InChI=1S/C15H11F3N2O2/c16-13-4-2-1-3-12(13)14(21)20-19-9-10-5-7-11(8-6-10)22-15(17)18/h1-9,15H,(H,20,21)/b19-9-. The van der Waals surface area contributed by atoms with Crippen molar-refractivity contribution in [2.45, 2.75) is 6.61 Å². The minimum Gasteiger partial charge on any atom is -0.435 e. The molecule has 7 heteroatoms. The van der Waals surface area contributed by atoms with Crippen molar-refractivity contribution in [3.63, 3.8) is 0 Å². The Hall–Kier alpha value is -2.83. The van der Waals surface area contributed by atoms with Crippen LogP contribution in [0, 0.1) is 5.82 Å². The van der Waals surface area contributed by atoms with Gasteiger partial charge in [-0.05, 0) is 42.0 Å². The lowest BCUT2D eigenvalue weighted by Crippen LogP contribution is -2.18. The maximum absolute atomic E-state index is 13.4. The Balaban J connectivity index is 1.95. The van der Waals surface area contributed by atoms with Crippen molar-refractivity contribution < 1.29 is 22.7 Å². The van der Waals surface area contributed by atoms with Gasteiger partial charge in [0.25, 0.3) is 5.91 Å². The van der Waals surface area contributed by atoms with Crippen LogP contribution in [0.4, 0.5) is 13.2 Å². The molecule has 1 N–H and O–H groups in total. The van der Waals surface area contributed by atoms with Crippen molar-refractivity contribution in [2.75, 3.05) is 0 Å². The molecule has 0 bridgehead atoms. The highest BCUT2D eigenvalue weighted by molar-refractivity contribution is 5.95. The lowest BCUT2D eigenvalue weighted by Gasteiger charge is -2.03. The molecule has 0 saturated heterocycles. The predicted molar refractivity (Wildman–Crippen MR) is 74.5 cm³/mol. The van der Waals surface area contributed by atoms with Crippen molar-refractivity contribution in [3.8, 4) is 5.75 Å². The first-order chi connectivity index (χ1) is 10.6. The number of carbonyl (C=O) groups excluding carboxylic acids is 1. The first-order valence-corrected chi connectivity index (χ1v) is 6.19. The molecule has 0 unspecified atom stereocenters. The average molecular weight is 308 g/mol. The first kappa shape index (κ1) is 15.6. The van der Waals surface area contributed by atoms with Gasteiger partial charge in [0.1, 0.15) is 11.6 Å². The Morgan fingerprint density at radius 3 is 2.45 bits per heavy atom. The summed E-state index contributed by atoms with van der Waals surface area (Å²) in [4.78, 5) is 11.7. The van der Waals surface area contributed by atoms with Crippen LogP contribution in [-0.4, -0.2) is 18.7 Å². The number of carbonyl (C=O) groups is 1. The molecule has 1 amide bonds. The Bertz CT molecular complexity index is 673. The average Bonchev–Trinajstić information content (AvgIpc) is 2.49. The molecule has 0 aromatic heterocycles. The van der Waals surface area contributed by atoms with Crippen molar-refractivity contribution in [2.24, 2.45) is 5.10 Å². The number of ether oxygens (including phenoxy) is 1. The van der Waals surface area contributed by atoms with E-state index in [9.17, 15) is 18.0 Å². The van der Waals surface area contributed by atoms with Crippen LogP contribution in [0.5, 0.6) is 5.75 Å². The van der Waals surface area contributed by atoms with E-state index in [1.165, 1.54) is 54.7 Å². The monoisotopic (exact) mass is 308 g/mol. The number of hydrogen-bond acceptors (Lipinski definition) is 3. The van der Waals surface area contributed by atoms with Gasteiger partial charge in [0.15, 0.2) is 0 Å². The Kier molecular flexibility index (Phi) is 5.13. The van der Waals surface area contributed by atoms with Crippen LogP contribution < -0.4 is 10.2 Å². The van der Waals surface area contributed by atoms with Crippen LogP contribution in [0.2, 0.25) is 0 Å². The fourth-order valence-corrected chi connectivity index (χ4v) is 1.61. The molecular formula is C15H11F3N2O2. The van der Waals surface area contributed by atoms with Crippen molar-refractivity contribution in [3.05, 3.63) is 65.5 Å². The zero-order valence-electron chi connectivity index (χ0n) is 11.2. The lowest BCUT2D eigenvalue weighted by molar-refractivity contribution is -0.0498. The summed E-state index contributed by atoms with van der Waals surface area (Å²) in [6, 6.07) is 11.1. The number of rotatable bonds is 5. The maximum atomic E-state index is 13.4. The van der Waals surface area contributed by atoms with Gasteiger partial charge in [-0.1, -0.05) is 12.1 Å². The largest absolute Gasteiger partial charge is 0.435 e. The van der Waals surface area contributed by atoms with Crippen LogP contribution >= 0.6 is 0 Å². The molecular weight excluding hydrogens is 297 g/mol. The van der Waals surface area contributed by atoms with E-state index in [0.29, 0.717) is 5.56 Å². The van der Waals surface area contributed by atoms with Gasteiger partial charge >= 0.3 is 6.61 Å². The van der Waals surface area contributed by atoms with Gasteiger partial charge < -0.3 is 4.74 Å². The van der Waals surface area contributed by atoms with E-state index >= 15 is 0 Å². The number of benzene rings is 2. The number of hydrazone groups is 1. The van der Waals surface area contributed by atoms with Crippen molar-refractivity contribution in [1.29, 1.82) is 0 Å². The van der Waals surface area contributed by atoms with E-state index in [1.807, 2.05) is 0 Å². The quantitative estimate of drug-likeness (QED) is 0.681. The summed E-state index contributed by atoms with van der Waals surface area (Å²) in [6.07, 6.45) is 1.30. The van der Waals surface area contributed by atoms with E-state index < -0.39 is 18.3 Å². The molecule has 0 saturated carbocycles. The third kappa shape index (κ3) is 4.34. The lowest BCUT2D eigenvalue weighted by atomic mass is 10.2. The van der Waals surface area contributed by atoms with E-state index in [1.54, 1.807) is 0 Å². The molecule has 0 spiro atoms. The number of alkyl halides is 2. The zero-order chi connectivity index (χ0) is 15.9. The maximum Gasteiger partial charge on any atom is 0.387 e. The molecule has 0 radical (unpaired) electrons. The molecule has 2 aromatic rings. The van der Waals surface area contributed by atoms with Crippen molar-refractivity contribution in [1.82, 2.24) is 5.43 Å². The number of hydrogen-bond donors (Lipinski definition) is 1. The van der Waals surface area contributed by atoms with E-state index in [0.717, 1.165) is 0 Å². The molecule has 22 heavy (non-hydrogen) atoms. The third-order valence-corrected chi connectivity index (χ3v) is 2.60. The van der Waals surface area contributed by atoms with Gasteiger partial charge in [-0.15, -0.1) is 0 Å². The molecule has 2 aromatic carbocycles. The van der Waals surface area contributed by atoms with Crippen LogP contribution in [0.15, 0.2) is 53.6 Å². The number of halogens is 3. The van der Waals surface area contributed by atoms with Crippen molar-refractivity contribution >= 4 is 12.1 Å². The highest BCUT2D eigenvalue weighted by Gasteiger charge is 2.09. The van der Waals surface area contributed by atoms with Gasteiger partial charge in [0.05, 0.1) is 11.8 Å². The van der Waals surface area contributed by atoms with Crippen LogP contribution in [0.3, 0.4) is 0 Å². The summed E-state index contributed by atoms with van der Waals surface area (Å²) >= 11 is 0. The second kappa shape index (κ2) is 7.26. The highest BCUT2D eigenvalue weighted by atomic mass is 19.3. The predicted octanol–water partition coefficient (Wildman–Crippen LogP) is 3.19. The van der Waals surface area contributed by atoms with Gasteiger partial charge in [-0.3, -0.25) is 4.79 Å². The highest BCUT2D eigenvalue weighted by Crippen LogP contribution is 2.14. The molecule has 0 atom stereocenters. The van der Waals surface area contributed by atoms with Gasteiger partial charge in [-0.25, -0.2) is 9.82 Å². The SMILES string of the molecule is O=C(N/N=C\c1ccc(OC(F)F)cc1)c1ccccc1F. The molecule has 114 valence electrons. The molecule has 0 heterocycles. The zero-order valence-corrected chi connectivity index (χ0v) is 11.2. The molecule has 2 rings (SSSR count). The van der Waals surface area contributed by atoms with Gasteiger partial charge in [0, 0.05) is 0 Å². The summed E-state index contributed by atoms with van der Waals surface area (Å²) in [5, 5.41) is 3.67. The van der Waals surface area contributed by atoms with E-state index in [-0.39, 0.29) is 11.3 Å². The molecule has 0 aliphatic carbocycles. The fourth-order valence-electron chi connectivity index (χ4n) is 1.61. The second-order valence-corrected chi connectivity index (χ2v) is 4.13. The van der Waals surface area contributed by atoms with E-state index in [2.05, 4.69) is 15.3 Å². The molecule has 0 aliphatic rings. The smallest absolute Gasteiger partial charge is 0.387 e. The Labute approximate surface area is 124 Å². The summed E-state index contributed by atoms with van der Waals surface area (Å²) in [5.74, 6) is -1.32. The fraction of sp³-hybridized carbons (Fsp3) is 0.0667. The van der Waals surface area contributed by atoms with Gasteiger partial charge in [-0.2, -0.15) is 13.9 Å². The van der Waals surface area contributed by atoms with E-state index in [4.69, 9.17) is 0 Å². The van der Waals surface area contributed by atoms with Crippen LogP contribution in [0.25, 0.3) is 0 Å². The summed E-state index contributed by atoms with van der Waals surface area (Å²) in [5.41, 5.74) is 2.60. The summed E-state index contributed by atoms with van der Waals surface area (Å²) in [6.45, 7) is -2.89. The Morgan fingerprint density at radius 2 is 1.82 bits per heavy atom. The Morgan fingerprint density at radius 1 is 1.14 bits per heavy atom. The summed E-state index contributed by atoms with van der Waals surface area (Å²) in [7, 11) is 0. The topological polar surface area (TPSA) is 50.7 Å². The minimum absolute atomic E-state index is 0.0162. The first-order valence-electron chi connectivity index (χ1n) is 6.19. The number of nitrogens with one attached hydrogen (secondary N) is 1. The number of amides is 1. The molecule has 4 nitrogen and oxygen atoms in total. The molecule has 0 fully saturated rings. The normalized spacial score (nSPS) is 10.9. The number of nitrogens with zero attached hydrogens (tertiary/aromatic N) is 1.